The predicted octanol–water partition coefficient (Wildman–Crippen LogP) is 3.53. The third-order valence-corrected chi connectivity index (χ3v) is 6.46. The molecule has 4 heteroatoms. The minimum Gasteiger partial charge on any atom is -0.497 e. The molecule has 0 spiro atoms. The molecule has 4 heterocycles. The van der Waals surface area contributed by atoms with Gasteiger partial charge in [0.2, 0.25) is 0 Å². The Morgan fingerprint density at radius 2 is 2.28 bits per heavy atom. The second kappa shape index (κ2) is 6.11. The Bertz CT molecular complexity index is 805. The molecule has 3 fully saturated rings. The van der Waals surface area contributed by atoms with E-state index in [1.807, 2.05) is 18.3 Å². The predicted molar refractivity (Wildman–Crippen MR) is 102 cm³/mol. The van der Waals surface area contributed by atoms with E-state index in [0.29, 0.717) is 12.0 Å². The smallest absolute Gasteiger partial charge is 0.119 e. The Morgan fingerprint density at radius 3 is 2.96 bits per heavy atom. The number of hydrogen-bond acceptors (Lipinski definition) is 4. The first-order valence-corrected chi connectivity index (χ1v) is 9.11. The van der Waals surface area contributed by atoms with E-state index in [1.165, 1.54) is 12.0 Å². The molecule has 2 aromatic rings. The van der Waals surface area contributed by atoms with Crippen molar-refractivity contribution in [2.75, 3.05) is 20.2 Å². The summed E-state index contributed by atoms with van der Waals surface area (Å²) in [7, 11) is 1.69. The Labute approximate surface area is 149 Å². The van der Waals surface area contributed by atoms with E-state index in [9.17, 15) is 0 Å². The molecule has 0 saturated carbocycles. The van der Waals surface area contributed by atoms with Crippen LogP contribution in [0.15, 0.2) is 43.1 Å². The molecule has 132 valence electrons. The fourth-order valence-corrected chi connectivity index (χ4v) is 4.78. The summed E-state index contributed by atoms with van der Waals surface area (Å²) >= 11 is 0. The van der Waals surface area contributed by atoms with Crippen LogP contribution >= 0.6 is 0 Å². The van der Waals surface area contributed by atoms with Crippen LogP contribution in [0.1, 0.15) is 31.4 Å². The van der Waals surface area contributed by atoms with Crippen molar-refractivity contribution < 1.29 is 4.74 Å². The third-order valence-electron chi connectivity index (χ3n) is 6.46. The quantitative estimate of drug-likeness (QED) is 0.867. The summed E-state index contributed by atoms with van der Waals surface area (Å²) in [5.41, 5.74) is 9.17. The summed E-state index contributed by atoms with van der Waals surface area (Å²) in [6.45, 7) is 8.62. The van der Waals surface area contributed by atoms with Gasteiger partial charge < -0.3 is 10.5 Å². The van der Waals surface area contributed by atoms with E-state index in [-0.39, 0.29) is 11.5 Å². The minimum atomic E-state index is -0.0187. The third kappa shape index (κ3) is 2.64. The highest BCUT2D eigenvalue weighted by molar-refractivity contribution is 5.84. The molecule has 3 aliphatic heterocycles. The molecule has 2 N–H and O–H groups in total. The molecule has 2 bridgehead atoms. The van der Waals surface area contributed by atoms with Gasteiger partial charge in [-0.3, -0.25) is 9.88 Å². The summed E-state index contributed by atoms with van der Waals surface area (Å²) in [6, 6.07) is 8.45. The van der Waals surface area contributed by atoms with E-state index < -0.39 is 0 Å². The molecule has 2 unspecified atom stereocenters. The van der Waals surface area contributed by atoms with Gasteiger partial charge in [0.25, 0.3) is 0 Å². The van der Waals surface area contributed by atoms with Crippen LogP contribution in [0.4, 0.5) is 0 Å². The van der Waals surface area contributed by atoms with Crippen molar-refractivity contribution >= 4 is 10.9 Å². The maximum Gasteiger partial charge on any atom is 0.119 e. The highest BCUT2D eigenvalue weighted by Crippen LogP contribution is 2.47. The molecule has 0 amide bonds. The number of nitrogens with zero attached hydrogens (tertiary/aromatic N) is 2. The Balaban J connectivity index is 1.69. The van der Waals surface area contributed by atoms with Gasteiger partial charge in [0.1, 0.15) is 5.75 Å². The average molecular weight is 337 g/mol. The van der Waals surface area contributed by atoms with Crippen molar-refractivity contribution in [1.82, 2.24) is 9.88 Å². The zero-order chi connectivity index (χ0) is 17.6. The average Bonchev–Trinajstić information content (AvgIpc) is 2.66. The second-order valence-electron chi connectivity index (χ2n) is 7.78. The molecule has 3 saturated heterocycles. The molecule has 5 atom stereocenters. The van der Waals surface area contributed by atoms with Gasteiger partial charge in [0.15, 0.2) is 0 Å². The molecule has 5 rings (SSSR count). The topological polar surface area (TPSA) is 51.4 Å². The van der Waals surface area contributed by atoms with Crippen LogP contribution in [0.5, 0.6) is 5.75 Å². The summed E-state index contributed by atoms with van der Waals surface area (Å²) < 4.78 is 5.40. The number of nitrogens with two attached hydrogens (primary N) is 1. The van der Waals surface area contributed by atoms with Gasteiger partial charge in [0.05, 0.1) is 12.6 Å². The Morgan fingerprint density at radius 1 is 1.44 bits per heavy atom. The number of piperidine rings is 3. The van der Waals surface area contributed by atoms with Gasteiger partial charge in [0, 0.05) is 35.6 Å². The minimum absolute atomic E-state index is 0.0187. The number of hydrogen-bond donors (Lipinski definition) is 1. The fourth-order valence-electron chi connectivity index (χ4n) is 4.78. The van der Waals surface area contributed by atoms with Crippen LogP contribution in [0, 0.1) is 11.3 Å². The molecular formula is C21H27N3O. The monoisotopic (exact) mass is 337 g/mol. The summed E-state index contributed by atoms with van der Waals surface area (Å²) in [6.07, 6.45) is 6.40. The highest BCUT2D eigenvalue weighted by atomic mass is 16.5. The first-order valence-electron chi connectivity index (χ1n) is 9.11. The molecule has 25 heavy (non-hydrogen) atoms. The van der Waals surface area contributed by atoms with Crippen molar-refractivity contribution in [1.29, 1.82) is 0 Å². The van der Waals surface area contributed by atoms with Crippen molar-refractivity contribution in [3.8, 4) is 5.75 Å². The molecule has 0 aliphatic carbocycles. The number of pyridine rings is 1. The van der Waals surface area contributed by atoms with Crippen LogP contribution in [0.25, 0.3) is 10.9 Å². The lowest BCUT2D eigenvalue weighted by Gasteiger charge is -2.56. The lowest BCUT2D eigenvalue weighted by Crippen LogP contribution is -2.59. The highest BCUT2D eigenvalue weighted by Gasteiger charge is 2.47. The van der Waals surface area contributed by atoms with Gasteiger partial charge in [-0.1, -0.05) is 13.0 Å². The van der Waals surface area contributed by atoms with Crippen molar-refractivity contribution in [3.63, 3.8) is 0 Å². The van der Waals surface area contributed by atoms with Crippen molar-refractivity contribution in [2.45, 2.75) is 31.8 Å². The van der Waals surface area contributed by atoms with Gasteiger partial charge in [-0.25, -0.2) is 0 Å². The zero-order valence-electron chi connectivity index (χ0n) is 15.1. The van der Waals surface area contributed by atoms with Crippen LogP contribution < -0.4 is 10.5 Å². The van der Waals surface area contributed by atoms with Gasteiger partial charge >= 0.3 is 0 Å². The Hall–Kier alpha value is -1.91. The van der Waals surface area contributed by atoms with Crippen LogP contribution in [-0.4, -0.2) is 36.1 Å². The lowest BCUT2D eigenvalue weighted by molar-refractivity contribution is -0.0381. The second-order valence-corrected chi connectivity index (χ2v) is 7.78. The van der Waals surface area contributed by atoms with E-state index in [2.05, 4.69) is 41.6 Å². The summed E-state index contributed by atoms with van der Waals surface area (Å²) in [4.78, 5) is 7.06. The van der Waals surface area contributed by atoms with Gasteiger partial charge in [-0.15, -0.1) is 6.58 Å². The maximum absolute atomic E-state index is 6.81. The molecule has 0 radical (unpaired) electrons. The SMILES string of the molecule is C=C[C@@]1(C)CN2CCC1C[C@H]2[C@@H](N)c1ccnc2ccc(OC)cc12. The molecule has 1 aromatic carbocycles. The summed E-state index contributed by atoms with van der Waals surface area (Å²) in [5.74, 6) is 1.52. The number of benzene rings is 1. The number of ether oxygens (including phenoxy) is 1. The number of methoxy groups -OCH3 is 1. The van der Waals surface area contributed by atoms with E-state index in [1.54, 1.807) is 7.11 Å². The van der Waals surface area contributed by atoms with Gasteiger partial charge in [-0.2, -0.15) is 0 Å². The number of rotatable bonds is 4. The van der Waals surface area contributed by atoms with Crippen LogP contribution in [-0.2, 0) is 0 Å². The van der Waals surface area contributed by atoms with E-state index in [0.717, 1.165) is 36.2 Å². The maximum atomic E-state index is 6.81. The van der Waals surface area contributed by atoms with Crippen molar-refractivity contribution in [2.24, 2.45) is 17.1 Å². The summed E-state index contributed by atoms with van der Waals surface area (Å²) in [5, 5.41) is 1.10. The molecule has 4 nitrogen and oxygen atoms in total. The first kappa shape index (κ1) is 16.6. The van der Waals surface area contributed by atoms with E-state index >= 15 is 0 Å². The Kier molecular flexibility index (Phi) is 4.05. The zero-order valence-corrected chi connectivity index (χ0v) is 15.1. The number of aromatic nitrogens is 1. The lowest BCUT2D eigenvalue weighted by atomic mass is 9.64. The molecular weight excluding hydrogens is 310 g/mol. The van der Waals surface area contributed by atoms with Crippen LogP contribution in [0.2, 0.25) is 0 Å². The fraction of sp³-hybridized carbons (Fsp3) is 0.476. The first-order chi connectivity index (χ1) is 12.1. The largest absolute Gasteiger partial charge is 0.497 e. The number of fused-ring (bicyclic) bond motifs is 4. The van der Waals surface area contributed by atoms with Gasteiger partial charge in [-0.05, 0) is 55.1 Å². The van der Waals surface area contributed by atoms with Crippen molar-refractivity contribution in [3.05, 3.63) is 48.7 Å². The molecule has 1 aromatic heterocycles. The van der Waals surface area contributed by atoms with Crippen LogP contribution in [0.3, 0.4) is 0 Å². The standard InChI is InChI=1S/C21H27N3O/c1-4-21(2)13-24-10-8-14(21)11-19(24)20(22)16-7-9-23-18-6-5-15(25-3)12-17(16)18/h4-7,9,12,14,19-20H,1,8,10-11,13,22H2,2-3H3/t14?,19-,20-,21-/m0/s1. The molecule has 3 aliphatic rings. The normalized spacial score (nSPS) is 32.5. The van der Waals surface area contributed by atoms with E-state index in [4.69, 9.17) is 10.5 Å².